The number of nitrogens with zero attached hydrogens (tertiary/aromatic N) is 2. The van der Waals surface area contributed by atoms with Gasteiger partial charge < -0.3 is 15.8 Å². The minimum atomic E-state index is 0.00981. The molecule has 0 bridgehead atoms. The summed E-state index contributed by atoms with van der Waals surface area (Å²) in [6.07, 6.45) is 4.13. The average Bonchev–Trinajstić information content (AvgIpc) is 2.43. The minimum Gasteiger partial charge on any atom is -0.480 e. The summed E-state index contributed by atoms with van der Waals surface area (Å²) < 4.78 is 5.57. The van der Waals surface area contributed by atoms with Crippen molar-refractivity contribution in [1.82, 2.24) is 5.32 Å². The van der Waals surface area contributed by atoms with E-state index in [1.165, 1.54) is 5.57 Å². The molecule has 0 aromatic rings. The Morgan fingerprint density at radius 1 is 1.57 bits per heavy atom. The third kappa shape index (κ3) is 1.01. The van der Waals surface area contributed by atoms with Gasteiger partial charge in [-0.25, -0.2) is 4.99 Å². The number of hydrogen-bond donors (Lipinski definition) is 2. The Balaban J connectivity index is 2.03. The van der Waals surface area contributed by atoms with Crippen molar-refractivity contribution < 1.29 is 4.74 Å². The van der Waals surface area contributed by atoms with E-state index < -0.39 is 0 Å². The van der Waals surface area contributed by atoms with Gasteiger partial charge in [0.2, 0.25) is 11.9 Å². The first kappa shape index (κ1) is 7.84. The fraction of sp³-hybridized carbons (Fsp3) is 0.556. The highest BCUT2D eigenvalue weighted by atomic mass is 16.5. The summed E-state index contributed by atoms with van der Waals surface area (Å²) in [4.78, 5) is 8.38. The van der Waals surface area contributed by atoms with Crippen LogP contribution < -0.4 is 11.1 Å². The molecular weight excluding hydrogens is 180 g/mol. The lowest BCUT2D eigenvalue weighted by atomic mass is 9.96. The van der Waals surface area contributed by atoms with E-state index in [-0.39, 0.29) is 12.1 Å². The van der Waals surface area contributed by atoms with Crippen molar-refractivity contribution in [2.24, 2.45) is 21.6 Å². The maximum absolute atomic E-state index is 5.60. The fourth-order valence-electron chi connectivity index (χ4n) is 2.14. The molecule has 3 aliphatic heterocycles. The smallest absolute Gasteiger partial charge is 0.220 e. The molecule has 2 unspecified atom stereocenters. The van der Waals surface area contributed by atoms with Crippen molar-refractivity contribution >= 4 is 11.9 Å². The minimum absolute atomic E-state index is 0.00981. The predicted octanol–water partition coefficient (Wildman–Crippen LogP) is -0.0470. The third-order valence-electron chi connectivity index (χ3n) is 2.78. The molecule has 0 amide bonds. The molecule has 14 heavy (non-hydrogen) atoms. The Morgan fingerprint density at radius 2 is 2.50 bits per heavy atom. The Bertz CT molecular complexity index is 358. The lowest BCUT2D eigenvalue weighted by molar-refractivity contribution is 0.288. The summed E-state index contributed by atoms with van der Waals surface area (Å²) in [5.74, 6) is 1.23. The second kappa shape index (κ2) is 2.73. The fourth-order valence-corrected chi connectivity index (χ4v) is 2.14. The van der Waals surface area contributed by atoms with Gasteiger partial charge in [-0.3, -0.25) is 0 Å². The van der Waals surface area contributed by atoms with Crippen LogP contribution in [0.2, 0.25) is 0 Å². The van der Waals surface area contributed by atoms with E-state index in [9.17, 15) is 0 Å². The summed E-state index contributed by atoms with van der Waals surface area (Å²) in [6, 6.07) is 0. The van der Waals surface area contributed by atoms with Crippen LogP contribution in [0.25, 0.3) is 0 Å². The van der Waals surface area contributed by atoms with Gasteiger partial charge in [0.05, 0.1) is 12.5 Å². The standard InChI is InChI=1S/C9H12N4O/c10-9-12-7-6-5(4-11-7)2-1-3-14-8(6)13-9/h4,6-7,11H,1-3H2,(H2,10,12). The van der Waals surface area contributed by atoms with Crippen LogP contribution in [-0.4, -0.2) is 24.6 Å². The lowest BCUT2D eigenvalue weighted by Crippen LogP contribution is -2.38. The molecule has 0 aliphatic carbocycles. The molecule has 0 spiro atoms. The van der Waals surface area contributed by atoms with E-state index in [1.54, 1.807) is 0 Å². The van der Waals surface area contributed by atoms with Crippen molar-refractivity contribution in [1.29, 1.82) is 0 Å². The van der Waals surface area contributed by atoms with E-state index in [4.69, 9.17) is 10.5 Å². The Labute approximate surface area is 81.7 Å². The van der Waals surface area contributed by atoms with Crippen molar-refractivity contribution in [3.63, 3.8) is 0 Å². The van der Waals surface area contributed by atoms with Gasteiger partial charge in [0.15, 0.2) is 0 Å². The highest BCUT2D eigenvalue weighted by molar-refractivity contribution is 5.97. The molecule has 1 fully saturated rings. The summed E-state index contributed by atoms with van der Waals surface area (Å²) in [5.41, 5.74) is 6.93. The third-order valence-corrected chi connectivity index (χ3v) is 2.78. The number of nitrogens with two attached hydrogens (primary N) is 1. The molecule has 5 nitrogen and oxygen atoms in total. The normalized spacial score (nSPS) is 34.1. The molecule has 0 aromatic heterocycles. The van der Waals surface area contributed by atoms with Gasteiger partial charge in [0, 0.05) is 0 Å². The number of rotatable bonds is 0. The Kier molecular flexibility index (Phi) is 1.53. The molecule has 3 heterocycles. The lowest BCUT2D eigenvalue weighted by Gasteiger charge is -2.22. The van der Waals surface area contributed by atoms with Crippen LogP contribution in [-0.2, 0) is 4.74 Å². The highest BCUT2D eigenvalue weighted by Gasteiger charge is 2.38. The van der Waals surface area contributed by atoms with Crippen LogP contribution in [0.3, 0.4) is 0 Å². The molecule has 3 rings (SSSR count). The molecular formula is C9H12N4O. The van der Waals surface area contributed by atoms with Crippen LogP contribution in [0.5, 0.6) is 0 Å². The van der Waals surface area contributed by atoms with Gasteiger partial charge in [-0.2, -0.15) is 4.99 Å². The zero-order valence-corrected chi connectivity index (χ0v) is 7.73. The molecule has 0 aromatic carbocycles. The van der Waals surface area contributed by atoms with Crippen molar-refractivity contribution in [2.75, 3.05) is 6.61 Å². The van der Waals surface area contributed by atoms with Crippen LogP contribution >= 0.6 is 0 Å². The van der Waals surface area contributed by atoms with E-state index >= 15 is 0 Å². The first-order chi connectivity index (χ1) is 6.84. The summed E-state index contributed by atoms with van der Waals surface area (Å²) >= 11 is 0. The number of ether oxygens (including phenoxy) is 1. The maximum Gasteiger partial charge on any atom is 0.220 e. The maximum atomic E-state index is 5.60. The predicted molar refractivity (Wildman–Crippen MR) is 52.7 cm³/mol. The Hall–Kier alpha value is -1.52. The molecule has 3 aliphatic rings. The first-order valence-corrected chi connectivity index (χ1v) is 4.84. The topological polar surface area (TPSA) is 72.0 Å². The van der Waals surface area contributed by atoms with Gasteiger partial charge in [0.25, 0.3) is 0 Å². The van der Waals surface area contributed by atoms with Crippen LogP contribution in [0.1, 0.15) is 12.8 Å². The van der Waals surface area contributed by atoms with Crippen LogP contribution in [0.15, 0.2) is 21.8 Å². The molecule has 3 N–H and O–H groups in total. The second-order valence-electron chi connectivity index (χ2n) is 3.70. The quantitative estimate of drug-likeness (QED) is 0.565. The monoisotopic (exact) mass is 192 g/mol. The molecule has 0 radical (unpaired) electrons. The van der Waals surface area contributed by atoms with Crippen molar-refractivity contribution in [3.8, 4) is 0 Å². The van der Waals surface area contributed by atoms with Crippen LogP contribution in [0, 0.1) is 5.92 Å². The second-order valence-corrected chi connectivity index (χ2v) is 3.70. The summed E-state index contributed by atoms with van der Waals surface area (Å²) in [6.45, 7) is 0.729. The number of guanidine groups is 1. The van der Waals surface area contributed by atoms with E-state index in [1.807, 2.05) is 6.20 Å². The highest BCUT2D eigenvalue weighted by Crippen LogP contribution is 2.31. The van der Waals surface area contributed by atoms with Gasteiger partial charge in [-0.1, -0.05) is 0 Å². The first-order valence-electron chi connectivity index (χ1n) is 4.84. The van der Waals surface area contributed by atoms with Crippen molar-refractivity contribution in [2.45, 2.75) is 19.0 Å². The zero-order chi connectivity index (χ0) is 9.54. The van der Waals surface area contributed by atoms with E-state index in [0.717, 1.165) is 25.3 Å². The summed E-state index contributed by atoms with van der Waals surface area (Å²) in [5, 5.41) is 3.20. The van der Waals surface area contributed by atoms with Gasteiger partial charge >= 0.3 is 0 Å². The molecule has 1 saturated heterocycles. The van der Waals surface area contributed by atoms with Crippen LogP contribution in [0.4, 0.5) is 0 Å². The largest absolute Gasteiger partial charge is 0.480 e. The SMILES string of the molecule is NC1=NC2NC=C3CCCOC(=N1)C32. The number of nitrogens with one attached hydrogen (secondary N) is 1. The average molecular weight is 192 g/mol. The summed E-state index contributed by atoms with van der Waals surface area (Å²) in [7, 11) is 0. The zero-order valence-electron chi connectivity index (χ0n) is 7.73. The van der Waals surface area contributed by atoms with Gasteiger partial charge in [-0.05, 0) is 24.6 Å². The Morgan fingerprint density at radius 3 is 3.43 bits per heavy atom. The van der Waals surface area contributed by atoms with Gasteiger partial charge in [-0.15, -0.1) is 0 Å². The van der Waals surface area contributed by atoms with E-state index in [2.05, 4.69) is 15.3 Å². The van der Waals surface area contributed by atoms with Gasteiger partial charge in [0.1, 0.15) is 6.17 Å². The van der Waals surface area contributed by atoms with Crippen molar-refractivity contribution in [3.05, 3.63) is 11.8 Å². The van der Waals surface area contributed by atoms with E-state index in [0.29, 0.717) is 5.96 Å². The molecule has 74 valence electrons. The molecule has 2 atom stereocenters. The number of hydrogen-bond acceptors (Lipinski definition) is 5. The molecule has 0 saturated carbocycles. The molecule has 5 heteroatoms. The number of aliphatic imine (C=N–C) groups is 2.